The standard InChI is InChI=1S/C11H8N2O5/c14-8-6-9(15)13(11(17)12-8)18-10(16)7-4-2-1-3-5-7/h1-6,15H,(H,12,14,17). The zero-order valence-electron chi connectivity index (χ0n) is 8.99. The van der Waals surface area contributed by atoms with E-state index in [9.17, 15) is 19.5 Å². The molecule has 0 bridgehead atoms. The van der Waals surface area contributed by atoms with Gasteiger partial charge in [0.25, 0.3) is 5.56 Å². The van der Waals surface area contributed by atoms with E-state index < -0.39 is 23.1 Å². The van der Waals surface area contributed by atoms with Gasteiger partial charge in [0, 0.05) is 0 Å². The minimum atomic E-state index is -1.04. The summed E-state index contributed by atoms with van der Waals surface area (Å²) in [5.74, 6) is -1.59. The number of H-pyrrole nitrogens is 1. The van der Waals surface area contributed by atoms with Crippen molar-refractivity contribution >= 4 is 5.97 Å². The SMILES string of the molecule is O=C(On1c(O)cc(=O)[nH]c1=O)c1ccccc1. The summed E-state index contributed by atoms with van der Waals surface area (Å²) in [5, 5.41) is 9.33. The quantitative estimate of drug-likeness (QED) is 0.746. The third-order valence-corrected chi connectivity index (χ3v) is 2.07. The first-order valence-electron chi connectivity index (χ1n) is 4.91. The highest BCUT2D eigenvalue weighted by Gasteiger charge is 2.12. The smallest absolute Gasteiger partial charge is 0.365 e. The first-order valence-corrected chi connectivity index (χ1v) is 4.91. The zero-order chi connectivity index (χ0) is 13.1. The molecular weight excluding hydrogens is 240 g/mol. The summed E-state index contributed by atoms with van der Waals surface area (Å²) in [6.45, 7) is 0. The predicted molar refractivity (Wildman–Crippen MR) is 60.3 cm³/mol. The van der Waals surface area contributed by atoms with Crippen LogP contribution in [0.15, 0.2) is 46.0 Å². The van der Waals surface area contributed by atoms with Gasteiger partial charge in [0.1, 0.15) is 0 Å². The van der Waals surface area contributed by atoms with Crippen LogP contribution in [-0.2, 0) is 0 Å². The molecule has 1 aromatic heterocycles. The molecule has 0 saturated heterocycles. The summed E-state index contributed by atoms with van der Waals surface area (Å²) >= 11 is 0. The second kappa shape index (κ2) is 4.58. The Labute approximate surface area is 99.8 Å². The van der Waals surface area contributed by atoms with E-state index in [0.29, 0.717) is 4.73 Å². The molecule has 7 nitrogen and oxygen atoms in total. The van der Waals surface area contributed by atoms with Gasteiger partial charge in [-0.1, -0.05) is 22.9 Å². The fourth-order valence-corrected chi connectivity index (χ4v) is 1.27. The van der Waals surface area contributed by atoms with Crippen molar-refractivity contribution in [2.45, 2.75) is 0 Å². The molecule has 0 aliphatic heterocycles. The van der Waals surface area contributed by atoms with Crippen LogP contribution in [0.3, 0.4) is 0 Å². The highest BCUT2D eigenvalue weighted by Crippen LogP contribution is 2.02. The number of carbonyl (C=O) groups excluding carboxylic acids is 1. The number of nitrogens with one attached hydrogen (secondary N) is 1. The van der Waals surface area contributed by atoms with Gasteiger partial charge in [-0.3, -0.25) is 9.78 Å². The predicted octanol–water partition coefficient (Wildman–Crippen LogP) is -0.489. The van der Waals surface area contributed by atoms with Gasteiger partial charge >= 0.3 is 11.7 Å². The summed E-state index contributed by atoms with van der Waals surface area (Å²) in [7, 11) is 0. The zero-order valence-corrected chi connectivity index (χ0v) is 8.99. The monoisotopic (exact) mass is 248 g/mol. The highest BCUT2D eigenvalue weighted by atomic mass is 16.7. The van der Waals surface area contributed by atoms with Crippen LogP contribution in [0.5, 0.6) is 5.88 Å². The molecule has 2 aromatic rings. The number of hydrogen-bond donors (Lipinski definition) is 2. The van der Waals surface area contributed by atoms with E-state index in [4.69, 9.17) is 0 Å². The first kappa shape index (κ1) is 11.6. The minimum Gasteiger partial charge on any atom is -0.492 e. The van der Waals surface area contributed by atoms with Crippen LogP contribution in [0.25, 0.3) is 0 Å². The van der Waals surface area contributed by atoms with Crippen LogP contribution in [0.1, 0.15) is 10.4 Å². The molecule has 18 heavy (non-hydrogen) atoms. The molecule has 7 heteroatoms. The summed E-state index contributed by atoms with van der Waals surface area (Å²) < 4.78 is 0.302. The molecule has 0 atom stereocenters. The normalized spacial score (nSPS) is 10.0. The molecular formula is C11H8N2O5. The number of nitrogens with zero attached hydrogens (tertiary/aromatic N) is 1. The van der Waals surface area contributed by atoms with Gasteiger partial charge in [-0.15, -0.1) is 0 Å². The van der Waals surface area contributed by atoms with Crippen LogP contribution in [0, 0.1) is 0 Å². The molecule has 1 aromatic carbocycles. The van der Waals surface area contributed by atoms with Crippen molar-refractivity contribution in [2.75, 3.05) is 0 Å². The number of aromatic amines is 1. The van der Waals surface area contributed by atoms with Gasteiger partial charge in [0.05, 0.1) is 11.6 Å². The Hall–Kier alpha value is -2.83. The molecule has 0 unspecified atom stereocenters. The lowest BCUT2D eigenvalue weighted by atomic mass is 10.2. The average Bonchev–Trinajstić information content (AvgIpc) is 2.34. The number of hydrogen-bond acceptors (Lipinski definition) is 5. The molecule has 0 saturated carbocycles. The lowest BCUT2D eigenvalue weighted by molar-refractivity contribution is 0.0389. The Morgan fingerprint density at radius 1 is 1.22 bits per heavy atom. The van der Waals surface area contributed by atoms with Crippen LogP contribution in [0.2, 0.25) is 0 Å². The molecule has 92 valence electrons. The number of rotatable bonds is 2. The maximum absolute atomic E-state index is 11.6. The highest BCUT2D eigenvalue weighted by molar-refractivity contribution is 5.89. The number of aromatic nitrogens is 2. The molecule has 1 heterocycles. The van der Waals surface area contributed by atoms with E-state index in [1.165, 1.54) is 12.1 Å². The molecule has 0 radical (unpaired) electrons. The summed E-state index contributed by atoms with van der Waals surface area (Å²) in [6, 6.07) is 8.63. The third kappa shape index (κ3) is 2.29. The van der Waals surface area contributed by atoms with Crippen LogP contribution in [0.4, 0.5) is 0 Å². The van der Waals surface area contributed by atoms with E-state index in [-0.39, 0.29) is 5.56 Å². The van der Waals surface area contributed by atoms with Crippen molar-refractivity contribution in [3.05, 3.63) is 62.8 Å². The topological polar surface area (TPSA) is 101 Å². The van der Waals surface area contributed by atoms with Crippen molar-refractivity contribution in [1.82, 2.24) is 9.71 Å². The largest absolute Gasteiger partial charge is 0.492 e. The van der Waals surface area contributed by atoms with Gasteiger partial charge in [-0.2, -0.15) is 0 Å². The Bertz CT molecular complexity index is 687. The Morgan fingerprint density at radius 2 is 1.89 bits per heavy atom. The first-order chi connectivity index (χ1) is 8.58. The van der Waals surface area contributed by atoms with Crippen molar-refractivity contribution < 1.29 is 14.7 Å². The molecule has 2 rings (SSSR count). The van der Waals surface area contributed by atoms with Crippen LogP contribution in [-0.4, -0.2) is 20.8 Å². The lowest BCUT2D eigenvalue weighted by Gasteiger charge is -2.06. The van der Waals surface area contributed by atoms with E-state index >= 15 is 0 Å². The fourth-order valence-electron chi connectivity index (χ4n) is 1.27. The van der Waals surface area contributed by atoms with Gasteiger partial charge in [0.15, 0.2) is 0 Å². The van der Waals surface area contributed by atoms with Crippen molar-refractivity contribution in [1.29, 1.82) is 0 Å². The molecule has 0 amide bonds. The van der Waals surface area contributed by atoms with Gasteiger partial charge in [-0.05, 0) is 12.1 Å². The van der Waals surface area contributed by atoms with Crippen molar-refractivity contribution in [3.63, 3.8) is 0 Å². The van der Waals surface area contributed by atoms with Gasteiger partial charge < -0.3 is 9.94 Å². The van der Waals surface area contributed by atoms with E-state index in [2.05, 4.69) is 4.84 Å². The van der Waals surface area contributed by atoms with Crippen LogP contribution >= 0.6 is 0 Å². The Kier molecular flexibility index (Phi) is 2.96. The van der Waals surface area contributed by atoms with Gasteiger partial charge in [0.2, 0.25) is 5.88 Å². The van der Waals surface area contributed by atoms with E-state index in [0.717, 1.165) is 6.07 Å². The maximum Gasteiger partial charge on any atom is 0.365 e. The summed E-state index contributed by atoms with van der Waals surface area (Å²) in [4.78, 5) is 40.3. The molecule has 0 spiro atoms. The molecule has 0 aliphatic carbocycles. The number of benzene rings is 1. The second-order valence-electron chi connectivity index (χ2n) is 3.34. The van der Waals surface area contributed by atoms with Crippen LogP contribution < -0.4 is 16.1 Å². The Balaban J connectivity index is 2.34. The summed E-state index contributed by atoms with van der Waals surface area (Å²) in [5.41, 5.74) is -1.62. The lowest BCUT2D eigenvalue weighted by Crippen LogP contribution is -2.35. The minimum absolute atomic E-state index is 0.204. The Morgan fingerprint density at radius 3 is 2.50 bits per heavy atom. The molecule has 0 fully saturated rings. The maximum atomic E-state index is 11.6. The summed E-state index contributed by atoms with van der Waals surface area (Å²) in [6.07, 6.45) is 0. The fraction of sp³-hybridized carbons (Fsp3) is 0. The second-order valence-corrected chi connectivity index (χ2v) is 3.34. The van der Waals surface area contributed by atoms with Crippen molar-refractivity contribution in [2.24, 2.45) is 0 Å². The van der Waals surface area contributed by atoms with Crippen molar-refractivity contribution in [3.8, 4) is 5.88 Å². The third-order valence-electron chi connectivity index (χ3n) is 2.07. The number of aromatic hydroxyl groups is 1. The van der Waals surface area contributed by atoms with Gasteiger partial charge in [-0.25, -0.2) is 9.59 Å². The number of carbonyl (C=O) groups is 1. The molecule has 2 N–H and O–H groups in total. The molecule has 0 aliphatic rings. The average molecular weight is 248 g/mol. The van der Waals surface area contributed by atoms with E-state index in [1.807, 2.05) is 4.98 Å². The van der Waals surface area contributed by atoms with E-state index in [1.54, 1.807) is 18.2 Å².